The van der Waals surface area contributed by atoms with Crippen LogP contribution in [-0.4, -0.2) is 42.3 Å². The molecule has 2 aromatic heterocycles. The molecule has 0 amide bonds. The summed E-state index contributed by atoms with van der Waals surface area (Å²) in [7, 11) is 2.91. The van der Waals surface area contributed by atoms with Gasteiger partial charge in [-0.2, -0.15) is 0 Å². The van der Waals surface area contributed by atoms with Crippen molar-refractivity contribution in [2.75, 3.05) is 27.4 Å². The molecule has 0 aliphatic heterocycles. The lowest BCUT2D eigenvalue weighted by Crippen LogP contribution is -2.06. The van der Waals surface area contributed by atoms with Crippen LogP contribution in [0.3, 0.4) is 0 Å². The fraction of sp³-hybridized carbons (Fsp3) is 0.222. The van der Waals surface area contributed by atoms with Crippen LogP contribution in [0.5, 0.6) is 23.1 Å². The molecule has 0 fully saturated rings. The maximum Gasteiger partial charge on any atom is 0.275 e. The van der Waals surface area contributed by atoms with Crippen molar-refractivity contribution < 1.29 is 32.7 Å². The number of non-ortho nitro benzene ring substituents is 1. The Labute approximate surface area is 163 Å². The van der Waals surface area contributed by atoms with E-state index in [9.17, 15) is 18.9 Å². The third-order valence-electron chi connectivity index (χ3n) is 3.75. The highest BCUT2D eigenvalue weighted by Gasteiger charge is 2.21. The fourth-order valence-corrected chi connectivity index (χ4v) is 2.44. The molecule has 2 heterocycles. The zero-order chi connectivity index (χ0) is 21.0. The molecule has 0 saturated carbocycles. The van der Waals surface area contributed by atoms with Crippen molar-refractivity contribution in [1.82, 2.24) is 9.97 Å². The number of ether oxygens (including phenoxy) is 4. The van der Waals surface area contributed by atoms with E-state index < -0.39 is 28.0 Å². The van der Waals surface area contributed by atoms with Crippen LogP contribution in [0, 0.1) is 21.7 Å². The SMILES string of the molecule is COCCOc1cc2nccc(Oc3c(F)cc([N+](=O)[O-])cc3F)c2nc1OC. The maximum absolute atomic E-state index is 14.2. The molecule has 3 rings (SSSR count). The summed E-state index contributed by atoms with van der Waals surface area (Å²) in [6.45, 7) is 0.589. The second-order valence-corrected chi connectivity index (χ2v) is 5.61. The number of benzene rings is 1. The topological polar surface area (TPSA) is 106 Å². The molecule has 9 nitrogen and oxygen atoms in total. The number of pyridine rings is 2. The second-order valence-electron chi connectivity index (χ2n) is 5.61. The van der Waals surface area contributed by atoms with Crippen LogP contribution in [0.2, 0.25) is 0 Å². The summed E-state index contributed by atoms with van der Waals surface area (Å²) in [6, 6.07) is 4.02. The number of nitro groups is 1. The summed E-state index contributed by atoms with van der Waals surface area (Å²) in [5.41, 5.74) is -0.261. The summed E-state index contributed by atoms with van der Waals surface area (Å²) >= 11 is 0. The van der Waals surface area contributed by atoms with Crippen molar-refractivity contribution in [2.45, 2.75) is 0 Å². The number of halogens is 2. The first kappa shape index (κ1) is 20.1. The molecule has 0 atom stereocenters. The van der Waals surface area contributed by atoms with E-state index in [4.69, 9.17) is 18.9 Å². The third kappa shape index (κ3) is 4.29. The lowest BCUT2D eigenvalue weighted by atomic mass is 10.2. The summed E-state index contributed by atoms with van der Waals surface area (Å²) in [5, 5.41) is 10.7. The van der Waals surface area contributed by atoms with Gasteiger partial charge in [0.2, 0.25) is 0 Å². The monoisotopic (exact) mass is 407 g/mol. The summed E-state index contributed by atoms with van der Waals surface area (Å²) < 4.78 is 49.3. The predicted octanol–water partition coefficient (Wildman–Crippen LogP) is 3.64. The van der Waals surface area contributed by atoms with Gasteiger partial charge in [0.05, 0.1) is 36.3 Å². The first-order chi connectivity index (χ1) is 13.9. The summed E-state index contributed by atoms with van der Waals surface area (Å²) in [4.78, 5) is 18.2. The minimum Gasteiger partial charge on any atom is -0.485 e. The van der Waals surface area contributed by atoms with E-state index >= 15 is 0 Å². The Bertz CT molecular complexity index is 1040. The molecule has 0 N–H and O–H groups in total. The van der Waals surface area contributed by atoms with Gasteiger partial charge in [0.25, 0.3) is 11.6 Å². The molecule has 0 bridgehead atoms. The molecule has 0 unspecified atom stereocenters. The molecule has 0 saturated heterocycles. The zero-order valence-corrected chi connectivity index (χ0v) is 15.3. The van der Waals surface area contributed by atoms with Gasteiger partial charge in [0, 0.05) is 25.4 Å². The van der Waals surface area contributed by atoms with E-state index in [1.165, 1.54) is 32.5 Å². The third-order valence-corrected chi connectivity index (χ3v) is 3.75. The number of aromatic nitrogens is 2. The van der Waals surface area contributed by atoms with Crippen LogP contribution in [0.25, 0.3) is 11.0 Å². The van der Waals surface area contributed by atoms with Crippen molar-refractivity contribution in [2.24, 2.45) is 0 Å². The summed E-state index contributed by atoms with van der Waals surface area (Å²) in [6.07, 6.45) is 1.35. The molecule has 29 heavy (non-hydrogen) atoms. The second kappa shape index (κ2) is 8.61. The Morgan fingerprint density at radius 1 is 1.10 bits per heavy atom. The predicted molar refractivity (Wildman–Crippen MR) is 96.5 cm³/mol. The maximum atomic E-state index is 14.2. The first-order valence-electron chi connectivity index (χ1n) is 8.21. The molecular weight excluding hydrogens is 392 g/mol. The number of rotatable bonds is 8. The van der Waals surface area contributed by atoms with Gasteiger partial charge in [-0.25, -0.2) is 13.8 Å². The van der Waals surface area contributed by atoms with Crippen LogP contribution < -0.4 is 14.2 Å². The first-order valence-corrected chi connectivity index (χ1v) is 8.21. The van der Waals surface area contributed by atoms with Crippen molar-refractivity contribution in [3.05, 3.63) is 52.2 Å². The van der Waals surface area contributed by atoms with E-state index in [0.29, 0.717) is 30.0 Å². The normalized spacial score (nSPS) is 10.8. The molecule has 0 aliphatic carbocycles. The van der Waals surface area contributed by atoms with Gasteiger partial charge in [-0.05, 0) is 0 Å². The number of methoxy groups -OCH3 is 2. The van der Waals surface area contributed by atoms with Crippen molar-refractivity contribution >= 4 is 16.7 Å². The van der Waals surface area contributed by atoms with Gasteiger partial charge in [-0.1, -0.05) is 0 Å². The van der Waals surface area contributed by atoms with E-state index in [-0.39, 0.29) is 23.8 Å². The Kier molecular flexibility index (Phi) is 5.98. The highest BCUT2D eigenvalue weighted by atomic mass is 19.1. The Morgan fingerprint density at radius 2 is 1.83 bits per heavy atom. The Balaban J connectivity index is 2.01. The van der Waals surface area contributed by atoms with Gasteiger partial charge < -0.3 is 18.9 Å². The summed E-state index contributed by atoms with van der Waals surface area (Å²) in [5.74, 6) is -2.88. The lowest BCUT2D eigenvalue weighted by molar-refractivity contribution is -0.385. The highest BCUT2D eigenvalue weighted by molar-refractivity contribution is 5.83. The number of nitro benzene ring substituents is 1. The minimum absolute atomic E-state index is 0.0246. The minimum atomic E-state index is -1.23. The molecule has 1 aromatic carbocycles. The number of hydrogen-bond donors (Lipinski definition) is 0. The average molecular weight is 407 g/mol. The standard InChI is InChI=1S/C18H15F2N3O6/c1-26-5-6-28-15-9-13-16(22-18(15)27-2)14(3-4-21-13)29-17-11(19)7-10(23(24)25)8-12(17)20/h3-4,7-9H,5-6H2,1-2H3. The molecule has 0 aliphatic rings. The fourth-order valence-electron chi connectivity index (χ4n) is 2.44. The quantitative estimate of drug-likeness (QED) is 0.317. The van der Waals surface area contributed by atoms with E-state index in [1.807, 2.05) is 0 Å². The number of nitrogens with zero attached hydrogens (tertiary/aromatic N) is 3. The van der Waals surface area contributed by atoms with E-state index in [1.54, 1.807) is 0 Å². The molecule has 0 spiro atoms. The van der Waals surface area contributed by atoms with Crippen molar-refractivity contribution in [3.63, 3.8) is 0 Å². The largest absolute Gasteiger partial charge is 0.485 e. The van der Waals surface area contributed by atoms with Crippen molar-refractivity contribution in [1.29, 1.82) is 0 Å². The highest BCUT2D eigenvalue weighted by Crippen LogP contribution is 2.36. The Morgan fingerprint density at radius 3 is 2.45 bits per heavy atom. The van der Waals surface area contributed by atoms with E-state index in [0.717, 1.165) is 0 Å². The van der Waals surface area contributed by atoms with Crippen LogP contribution in [-0.2, 0) is 4.74 Å². The van der Waals surface area contributed by atoms with E-state index in [2.05, 4.69) is 9.97 Å². The molecule has 0 radical (unpaired) electrons. The molecule has 11 heteroatoms. The van der Waals surface area contributed by atoms with Gasteiger partial charge in [-0.15, -0.1) is 0 Å². The molecule has 152 valence electrons. The molecule has 3 aromatic rings. The average Bonchev–Trinajstić information content (AvgIpc) is 2.70. The van der Waals surface area contributed by atoms with Gasteiger partial charge in [-0.3, -0.25) is 15.1 Å². The number of fused-ring (bicyclic) bond motifs is 1. The van der Waals surface area contributed by atoms with Crippen LogP contribution in [0.4, 0.5) is 14.5 Å². The lowest BCUT2D eigenvalue weighted by Gasteiger charge is -2.13. The molecular formula is C18H15F2N3O6. The van der Waals surface area contributed by atoms with Gasteiger partial charge in [0.1, 0.15) is 12.1 Å². The smallest absolute Gasteiger partial charge is 0.275 e. The van der Waals surface area contributed by atoms with Gasteiger partial charge in [0.15, 0.2) is 28.9 Å². The van der Waals surface area contributed by atoms with Gasteiger partial charge >= 0.3 is 0 Å². The zero-order valence-electron chi connectivity index (χ0n) is 15.3. The Hall–Kier alpha value is -3.60. The van der Waals surface area contributed by atoms with Crippen LogP contribution >= 0.6 is 0 Å². The number of hydrogen-bond acceptors (Lipinski definition) is 8. The van der Waals surface area contributed by atoms with Crippen molar-refractivity contribution in [3.8, 4) is 23.1 Å². The van der Waals surface area contributed by atoms with Crippen LogP contribution in [0.1, 0.15) is 0 Å². The van der Waals surface area contributed by atoms with Crippen LogP contribution in [0.15, 0.2) is 30.5 Å².